The number of nitrogens with one attached hydrogen (secondary N) is 1. The minimum absolute atomic E-state index is 0.655. The van der Waals surface area contributed by atoms with Crippen molar-refractivity contribution in [1.82, 2.24) is 5.32 Å². The normalized spacial score (nSPS) is 29.2. The van der Waals surface area contributed by atoms with Gasteiger partial charge in [-0.05, 0) is 31.1 Å². The third-order valence-corrected chi connectivity index (χ3v) is 3.21. The van der Waals surface area contributed by atoms with Gasteiger partial charge >= 0.3 is 0 Å². The average molecular weight is 153 g/mol. The Kier molecular flexibility index (Phi) is 1.92. The molecular formula is C10H19N. The average Bonchev–Trinajstić information content (AvgIpc) is 2.73. The van der Waals surface area contributed by atoms with Crippen LogP contribution in [0.25, 0.3) is 0 Å². The Hall–Kier alpha value is -0.0400. The highest BCUT2D eigenvalue weighted by molar-refractivity contribution is 4.87. The fourth-order valence-electron chi connectivity index (χ4n) is 2.08. The third kappa shape index (κ3) is 1.96. The highest BCUT2D eigenvalue weighted by Crippen LogP contribution is 2.37. The fraction of sp³-hybridized carbons (Fsp3) is 1.00. The summed E-state index contributed by atoms with van der Waals surface area (Å²) in [7, 11) is 0. The van der Waals surface area contributed by atoms with Gasteiger partial charge in [0.05, 0.1) is 0 Å². The largest absolute Gasteiger partial charge is 0.313 e. The number of hydrogen-bond donors (Lipinski definition) is 1. The van der Waals surface area contributed by atoms with Gasteiger partial charge in [0, 0.05) is 12.6 Å². The molecule has 2 aliphatic carbocycles. The van der Waals surface area contributed by atoms with Crippen LogP contribution in [0.5, 0.6) is 0 Å². The highest BCUT2D eigenvalue weighted by Gasteiger charge is 2.30. The van der Waals surface area contributed by atoms with Crippen molar-refractivity contribution < 1.29 is 0 Å². The maximum absolute atomic E-state index is 3.64. The number of rotatable bonds is 3. The molecule has 0 aromatic rings. The summed E-state index contributed by atoms with van der Waals surface area (Å²) >= 11 is 0. The van der Waals surface area contributed by atoms with E-state index in [2.05, 4.69) is 12.2 Å². The van der Waals surface area contributed by atoms with E-state index in [1.54, 1.807) is 0 Å². The van der Waals surface area contributed by atoms with Crippen LogP contribution in [-0.4, -0.2) is 12.6 Å². The topological polar surface area (TPSA) is 12.0 Å². The smallest absolute Gasteiger partial charge is 0.00684 e. The van der Waals surface area contributed by atoms with Crippen LogP contribution in [0.3, 0.4) is 0 Å². The van der Waals surface area contributed by atoms with Gasteiger partial charge in [-0.1, -0.05) is 19.8 Å². The van der Waals surface area contributed by atoms with E-state index in [4.69, 9.17) is 0 Å². The quantitative estimate of drug-likeness (QED) is 0.656. The molecule has 0 heterocycles. The van der Waals surface area contributed by atoms with Crippen molar-refractivity contribution in [2.45, 2.75) is 51.5 Å². The molecule has 0 amide bonds. The lowest BCUT2D eigenvalue weighted by atomic mass is 9.89. The van der Waals surface area contributed by atoms with Crippen molar-refractivity contribution in [3.8, 4) is 0 Å². The molecule has 2 aliphatic rings. The van der Waals surface area contributed by atoms with E-state index < -0.39 is 0 Å². The Morgan fingerprint density at radius 1 is 1.27 bits per heavy atom. The summed E-state index contributed by atoms with van der Waals surface area (Å²) in [5.41, 5.74) is 0.655. The molecule has 2 rings (SSSR count). The van der Waals surface area contributed by atoms with Crippen LogP contribution in [0.15, 0.2) is 0 Å². The van der Waals surface area contributed by atoms with Crippen LogP contribution in [-0.2, 0) is 0 Å². The molecular weight excluding hydrogens is 134 g/mol. The molecule has 0 unspecified atom stereocenters. The van der Waals surface area contributed by atoms with Crippen LogP contribution in [0, 0.1) is 5.41 Å². The Labute approximate surface area is 69.6 Å². The Balaban J connectivity index is 1.73. The zero-order valence-corrected chi connectivity index (χ0v) is 7.53. The molecule has 0 aromatic carbocycles. The Morgan fingerprint density at radius 2 is 1.91 bits per heavy atom. The van der Waals surface area contributed by atoms with E-state index in [1.165, 1.54) is 45.1 Å². The first-order valence-electron chi connectivity index (χ1n) is 5.02. The second-order valence-electron chi connectivity index (χ2n) is 4.67. The first-order chi connectivity index (χ1) is 5.29. The van der Waals surface area contributed by atoms with E-state index in [0.717, 1.165) is 6.04 Å². The van der Waals surface area contributed by atoms with Crippen LogP contribution < -0.4 is 5.32 Å². The first-order valence-corrected chi connectivity index (χ1v) is 5.02. The van der Waals surface area contributed by atoms with Crippen LogP contribution >= 0.6 is 0 Å². The lowest BCUT2D eigenvalue weighted by Crippen LogP contribution is -2.30. The van der Waals surface area contributed by atoms with Crippen LogP contribution in [0.2, 0.25) is 0 Å². The van der Waals surface area contributed by atoms with Crippen molar-refractivity contribution in [1.29, 1.82) is 0 Å². The van der Waals surface area contributed by atoms with Crippen molar-refractivity contribution in [2.24, 2.45) is 5.41 Å². The standard InChI is InChI=1S/C10H19N/c1-10(6-2-3-7-10)8-11-9-4-5-9/h9,11H,2-8H2,1H3. The molecule has 0 spiro atoms. The summed E-state index contributed by atoms with van der Waals surface area (Å²) in [6, 6.07) is 0.896. The minimum Gasteiger partial charge on any atom is -0.313 e. The third-order valence-electron chi connectivity index (χ3n) is 3.21. The Bertz CT molecular complexity index is 132. The molecule has 2 fully saturated rings. The summed E-state index contributed by atoms with van der Waals surface area (Å²) in [4.78, 5) is 0. The van der Waals surface area contributed by atoms with E-state index in [9.17, 15) is 0 Å². The predicted molar refractivity (Wildman–Crippen MR) is 47.6 cm³/mol. The van der Waals surface area contributed by atoms with Gasteiger partial charge in [0.15, 0.2) is 0 Å². The predicted octanol–water partition coefficient (Wildman–Crippen LogP) is 2.32. The van der Waals surface area contributed by atoms with Crippen molar-refractivity contribution in [3.63, 3.8) is 0 Å². The molecule has 64 valence electrons. The van der Waals surface area contributed by atoms with Gasteiger partial charge in [-0.25, -0.2) is 0 Å². The molecule has 0 aliphatic heterocycles. The van der Waals surface area contributed by atoms with E-state index >= 15 is 0 Å². The maximum atomic E-state index is 3.64. The van der Waals surface area contributed by atoms with Gasteiger partial charge in [-0.3, -0.25) is 0 Å². The van der Waals surface area contributed by atoms with Gasteiger partial charge in [0.2, 0.25) is 0 Å². The summed E-state index contributed by atoms with van der Waals surface area (Å²) in [5, 5.41) is 3.64. The molecule has 0 atom stereocenters. The molecule has 1 nitrogen and oxygen atoms in total. The van der Waals surface area contributed by atoms with Gasteiger partial charge in [-0.2, -0.15) is 0 Å². The highest BCUT2D eigenvalue weighted by atomic mass is 15.0. The summed E-state index contributed by atoms with van der Waals surface area (Å²) in [6.45, 7) is 3.72. The van der Waals surface area contributed by atoms with Gasteiger partial charge in [0.25, 0.3) is 0 Å². The lowest BCUT2D eigenvalue weighted by Gasteiger charge is -2.23. The van der Waals surface area contributed by atoms with Crippen LogP contribution in [0.1, 0.15) is 45.4 Å². The zero-order chi connectivity index (χ0) is 7.73. The van der Waals surface area contributed by atoms with Gasteiger partial charge in [0.1, 0.15) is 0 Å². The molecule has 1 heteroatoms. The summed E-state index contributed by atoms with van der Waals surface area (Å²) in [6.07, 6.45) is 8.68. The summed E-state index contributed by atoms with van der Waals surface area (Å²) < 4.78 is 0. The van der Waals surface area contributed by atoms with Gasteiger partial charge in [-0.15, -0.1) is 0 Å². The monoisotopic (exact) mass is 153 g/mol. The molecule has 1 N–H and O–H groups in total. The van der Waals surface area contributed by atoms with Crippen LogP contribution in [0.4, 0.5) is 0 Å². The van der Waals surface area contributed by atoms with E-state index in [0.29, 0.717) is 5.41 Å². The zero-order valence-electron chi connectivity index (χ0n) is 7.53. The first kappa shape index (κ1) is 7.60. The van der Waals surface area contributed by atoms with Crippen molar-refractivity contribution in [3.05, 3.63) is 0 Å². The molecule has 0 bridgehead atoms. The fourth-order valence-corrected chi connectivity index (χ4v) is 2.08. The van der Waals surface area contributed by atoms with Gasteiger partial charge < -0.3 is 5.32 Å². The van der Waals surface area contributed by atoms with E-state index in [-0.39, 0.29) is 0 Å². The number of hydrogen-bond acceptors (Lipinski definition) is 1. The molecule has 11 heavy (non-hydrogen) atoms. The second-order valence-corrected chi connectivity index (χ2v) is 4.67. The van der Waals surface area contributed by atoms with Crippen molar-refractivity contribution >= 4 is 0 Å². The molecule has 0 radical (unpaired) electrons. The lowest BCUT2D eigenvalue weighted by molar-refractivity contribution is 0.314. The molecule has 0 aromatic heterocycles. The summed E-state index contributed by atoms with van der Waals surface area (Å²) in [5.74, 6) is 0. The Morgan fingerprint density at radius 3 is 2.45 bits per heavy atom. The van der Waals surface area contributed by atoms with Crippen molar-refractivity contribution in [2.75, 3.05) is 6.54 Å². The SMILES string of the molecule is CC1(CNC2CC2)CCCC1. The molecule has 2 saturated carbocycles. The maximum Gasteiger partial charge on any atom is 0.00684 e. The molecule has 0 saturated heterocycles. The van der Waals surface area contributed by atoms with E-state index in [1.807, 2.05) is 0 Å². The second kappa shape index (κ2) is 2.78. The minimum atomic E-state index is 0.655.